The van der Waals surface area contributed by atoms with E-state index in [1.807, 2.05) is 0 Å². The number of aliphatic hydroxyl groups is 1. The number of rotatable bonds is 19. The molecule has 0 aromatic carbocycles. The highest BCUT2D eigenvalue weighted by atomic mass is 32.2. The molecule has 5 atom stereocenters. The molecule has 1 aliphatic rings. The molecule has 2 amide bonds. The maximum absolute atomic E-state index is 12.4. The van der Waals surface area contributed by atoms with Crippen molar-refractivity contribution >= 4 is 29.7 Å². The number of likely N-dealkylation sites (tertiary alicyclic amines) is 1. The summed E-state index contributed by atoms with van der Waals surface area (Å²) in [5.74, 6) is 0.135. The highest BCUT2D eigenvalue weighted by molar-refractivity contribution is 7.99. The number of allylic oxidation sites excluding steroid dienone is 1. The zero-order valence-corrected chi connectivity index (χ0v) is 24.9. The molecule has 0 spiro atoms. The lowest BCUT2D eigenvalue weighted by molar-refractivity contribution is -0.310. The molecular weight excluding hydrogens is 504 g/mol. The van der Waals surface area contributed by atoms with E-state index in [9.17, 15) is 29.7 Å². The fraction of sp³-hybridized carbons (Fsp3) is 0.828. The van der Waals surface area contributed by atoms with E-state index in [2.05, 4.69) is 46.0 Å². The molecule has 5 unspecified atom stereocenters. The van der Waals surface area contributed by atoms with Gasteiger partial charge in [-0.05, 0) is 37.5 Å². The Balaban J connectivity index is 2.26. The van der Waals surface area contributed by atoms with Gasteiger partial charge in [-0.15, -0.1) is 0 Å². The summed E-state index contributed by atoms with van der Waals surface area (Å²) >= 11 is 1.36. The van der Waals surface area contributed by atoms with Crippen LogP contribution in [0.25, 0.3) is 0 Å². The number of aliphatic hydroxyl groups excluding tert-OH is 1. The number of carboxylic acids is 2. The van der Waals surface area contributed by atoms with Gasteiger partial charge in [0.2, 0.25) is 0 Å². The lowest BCUT2D eigenvalue weighted by Crippen LogP contribution is -2.56. The molecule has 1 aliphatic heterocycles. The van der Waals surface area contributed by atoms with E-state index in [-0.39, 0.29) is 18.7 Å². The van der Waals surface area contributed by atoms with Gasteiger partial charge < -0.3 is 35.1 Å². The van der Waals surface area contributed by atoms with Crippen LogP contribution in [-0.2, 0) is 9.59 Å². The number of hydrogen-bond acceptors (Lipinski definition) is 7. The third kappa shape index (κ3) is 14.4. The van der Waals surface area contributed by atoms with Crippen molar-refractivity contribution in [2.24, 2.45) is 17.8 Å². The molecular formula is C29H50N2O6S-2. The molecule has 1 rings (SSSR count). The van der Waals surface area contributed by atoms with Crippen LogP contribution in [0, 0.1) is 17.8 Å². The average molecular weight is 555 g/mol. The predicted molar refractivity (Wildman–Crippen MR) is 149 cm³/mol. The van der Waals surface area contributed by atoms with Gasteiger partial charge in [-0.25, -0.2) is 4.79 Å². The molecule has 8 nitrogen and oxygen atoms in total. The number of amides is 2. The summed E-state index contributed by atoms with van der Waals surface area (Å²) in [4.78, 5) is 36.0. The van der Waals surface area contributed by atoms with Crippen molar-refractivity contribution < 1.29 is 29.7 Å². The Morgan fingerprint density at radius 2 is 1.58 bits per heavy atom. The number of β-amino-alcohol motifs (C(OH)–C–C–N with tert-alkyl or cyclic N) is 1. The highest BCUT2D eigenvalue weighted by Crippen LogP contribution is 2.22. The number of carbonyl (C=O) groups is 3. The monoisotopic (exact) mass is 554 g/mol. The number of carbonyl (C=O) groups excluding carboxylic acids is 3. The quantitative estimate of drug-likeness (QED) is 0.185. The van der Waals surface area contributed by atoms with Crippen LogP contribution < -0.4 is 15.5 Å². The summed E-state index contributed by atoms with van der Waals surface area (Å²) in [5.41, 5.74) is 1.26. The molecule has 0 aromatic rings. The number of carboxylic acid groups (broad SMARTS) is 2. The Labute approximate surface area is 234 Å². The first kappa shape index (κ1) is 34.3. The average Bonchev–Trinajstić information content (AvgIpc) is 3.22. The molecule has 38 heavy (non-hydrogen) atoms. The van der Waals surface area contributed by atoms with Crippen LogP contribution in [0.2, 0.25) is 0 Å². The zero-order chi connectivity index (χ0) is 28.7. The van der Waals surface area contributed by atoms with Crippen LogP contribution in [0.1, 0.15) is 98.8 Å². The minimum atomic E-state index is -1.48. The maximum Gasteiger partial charge on any atom is 0.318 e. The third-order valence-corrected chi connectivity index (χ3v) is 8.34. The summed E-state index contributed by atoms with van der Waals surface area (Å²) < 4.78 is 0. The van der Waals surface area contributed by atoms with Crippen molar-refractivity contribution in [3.63, 3.8) is 0 Å². The normalized spacial score (nSPS) is 20.4. The van der Waals surface area contributed by atoms with Crippen molar-refractivity contribution in [1.82, 2.24) is 10.2 Å². The molecule has 0 radical (unpaired) electrons. The molecule has 0 aromatic heterocycles. The van der Waals surface area contributed by atoms with Gasteiger partial charge in [0.05, 0.1) is 30.1 Å². The van der Waals surface area contributed by atoms with Gasteiger partial charge in [-0.1, -0.05) is 84.3 Å². The van der Waals surface area contributed by atoms with Crippen molar-refractivity contribution in [3.8, 4) is 0 Å². The molecule has 0 saturated carbocycles. The Kier molecular flexibility index (Phi) is 16.7. The number of nitrogens with zero attached hydrogens (tertiary/aromatic N) is 1. The Hall–Kier alpha value is -1.74. The Morgan fingerprint density at radius 1 is 1.00 bits per heavy atom. The Bertz CT molecular complexity index is 759. The van der Waals surface area contributed by atoms with Crippen LogP contribution >= 0.6 is 11.8 Å². The summed E-state index contributed by atoms with van der Waals surface area (Å²) in [6.07, 6.45) is 12.2. The summed E-state index contributed by atoms with van der Waals surface area (Å²) in [6, 6.07) is -3.40. The molecule has 2 N–H and O–H groups in total. The zero-order valence-electron chi connectivity index (χ0n) is 24.1. The number of thioether (sulfide) groups is 1. The van der Waals surface area contributed by atoms with Crippen LogP contribution in [0.15, 0.2) is 11.6 Å². The van der Waals surface area contributed by atoms with Crippen LogP contribution in [0.3, 0.4) is 0 Å². The lowest BCUT2D eigenvalue weighted by atomic mass is 9.91. The van der Waals surface area contributed by atoms with Gasteiger partial charge in [-0.3, -0.25) is 0 Å². The summed E-state index contributed by atoms with van der Waals surface area (Å²) in [5, 5.41) is 34.7. The summed E-state index contributed by atoms with van der Waals surface area (Å²) in [6.45, 7) is 11.2. The standard InChI is InChI=1S/C29H52N2O6S/c1-20(2)9-6-10-21(3)11-7-12-22(4)13-8-14-23(5)15-16-38-19-25(27(33)34)30-29(37)31-18-24(32)17-26(31)28(35)36/h15,20-22,24-26,32H,6-14,16-19H2,1-5H3,(H,30,37)(H,33,34)(H,35,36)/p-2/b23-15+. The smallest absolute Gasteiger partial charge is 0.318 e. The van der Waals surface area contributed by atoms with E-state index in [0.717, 1.165) is 35.5 Å². The number of urea groups is 1. The van der Waals surface area contributed by atoms with Crippen molar-refractivity contribution in [3.05, 3.63) is 11.6 Å². The van der Waals surface area contributed by atoms with Gasteiger partial charge in [-0.2, -0.15) is 11.8 Å². The van der Waals surface area contributed by atoms with Crippen LogP contribution in [-0.4, -0.2) is 64.2 Å². The third-order valence-electron chi connectivity index (χ3n) is 7.37. The lowest BCUT2D eigenvalue weighted by Gasteiger charge is -2.28. The molecule has 220 valence electrons. The second kappa shape index (κ2) is 18.5. The molecule has 0 aliphatic carbocycles. The fourth-order valence-electron chi connectivity index (χ4n) is 4.86. The number of aliphatic carboxylic acids is 2. The second-order valence-electron chi connectivity index (χ2n) is 11.6. The van der Waals surface area contributed by atoms with E-state index < -0.39 is 36.2 Å². The first-order chi connectivity index (χ1) is 17.9. The van der Waals surface area contributed by atoms with Crippen molar-refractivity contribution in [1.29, 1.82) is 0 Å². The van der Waals surface area contributed by atoms with Crippen molar-refractivity contribution in [2.45, 2.75) is 117 Å². The van der Waals surface area contributed by atoms with E-state index in [4.69, 9.17) is 0 Å². The van der Waals surface area contributed by atoms with Gasteiger partial charge in [0.15, 0.2) is 0 Å². The maximum atomic E-state index is 12.4. The predicted octanol–water partition coefficient (Wildman–Crippen LogP) is 3.12. The van der Waals surface area contributed by atoms with Gasteiger partial charge in [0, 0.05) is 24.5 Å². The minimum absolute atomic E-state index is 0.0944. The summed E-state index contributed by atoms with van der Waals surface area (Å²) in [7, 11) is 0. The highest BCUT2D eigenvalue weighted by Gasteiger charge is 2.35. The molecule has 1 fully saturated rings. The fourth-order valence-corrected chi connectivity index (χ4v) is 5.85. The van der Waals surface area contributed by atoms with Crippen molar-refractivity contribution in [2.75, 3.05) is 18.1 Å². The van der Waals surface area contributed by atoms with E-state index in [1.165, 1.54) is 62.3 Å². The van der Waals surface area contributed by atoms with Gasteiger partial charge in [0.25, 0.3) is 0 Å². The molecule has 1 saturated heterocycles. The number of hydrogen-bond donors (Lipinski definition) is 2. The first-order valence-electron chi connectivity index (χ1n) is 14.3. The van der Waals surface area contributed by atoms with E-state index >= 15 is 0 Å². The SMILES string of the molecule is C/C(=C\CSCC(NC(=O)N1CC(O)CC1C(=O)[O-])C(=O)[O-])CCCC(C)CCCC(C)CCCC(C)C. The number of nitrogens with one attached hydrogen (secondary N) is 1. The molecule has 9 heteroatoms. The van der Waals surface area contributed by atoms with E-state index in [0.29, 0.717) is 5.75 Å². The largest absolute Gasteiger partial charge is 0.548 e. The minimum Gasteiger partial charge on any atom is -0.548 e. The first-order valence-corrected chi connectivity index (χ1v) is 15.5. The van der Waals surface area contributed by atoms with Gasteiger partial charge in [0.1, 0.15) is 0 Å². The van der Waals surface area contributed by atoms with E-state index in [1.54, 1.807) is 0 Å². The van der Waals surface area contributed by atoms with Crippen LogP contribution in [0.5, 0.6) is 0 Å². The second-order valence-corrected chi connectivity index (χ2v) is 12.7. The Morgan fingerprint density at radius 3 is 2.13 bits per heavy atom. The van der Waals surface area contributed by atoms with Crippen LogP contribution in [0.4, 0.5) is 4.79 Å². The van der Waals surface area contributed by atoms with Gasteiger partial charge >= 0.3 is 6.03 Å². The topological polar surface area (TPSA) is 133 Å². The molecule has 0 bridgehead atoms. The molecule has 1 heterocycles.